The maximum absolute atomic E-state index is 11.6. The Morgan fingerprint density at radius 2 is 2.11 bits per heavy atom. The van der Waals surface area contributed by atoms with E-state index in [2.05, 4.69) is 16.2 Å². The van der Waals surface area contributed by atoms with Crippen LogP contribution in [0.25, 0.3) is 11.0 Å². The van der Waals surface area contributed by atoms with Crippen LogP contribution in [0.15, 0.2) is 18.3 Å². The van der Waals surface area contributed by atoms with Gasteiger partial charge in [-0.25, -0.2) is 9.78 Å². The fourth-order valence-corrected chi connectivity index (χ4v) is 2.96. The molecule has 1 aliphatic rings. The summed E-state index contributed by atoms with van der Waals surface area (Å²) >= 11 is 0. The van der Waals surface area contributed by atoms with E-state index in [-0.39, 0.29) is 5.97 Å². The van der Waals surface area contributed by atoms with Gasteiger partial charge in [0.25, 0.3) is 0 Å². The average molecular weight is 258 g/mol. The highest BCUT2D eigenvalue weighted by Crippen LogP contribution is 2.35. The second-order valence-corrected chi connectivity index (χ2v) is 5.16. The Morgan fingerprint density at radius 1 is 1.32 bits per heavy atom. The maximum atomic E-state index is 11.6. The zero-order valence-electron chi connectivity index (χ0n) is 11.1. The number of hydrogen-bond donors (Lipinski definition) is 1. The number of aromatic amines is 1. The molecule has 0 atom stereocenters. The number of pyridine rings is 1. The molecule has 3 rings (SSSR count). The van der Waals surface area contributed by atoms with Crippen molar-refractivity contribution in [3.8, 4) is 0 Å². The molecule has 19 heavy (non-hydrogen) atoms. The van der Waals surface area contributed by atoms with E-state index in [1.807, 2.05) is 6.07 Å². The third-order valence-corrected chi connectivity index (χ3v) is 3.99. The van der Waals surface area contributed by atoms with Crippen molar-refractivity contribution in [1.29, 1.82) is 0 Å². The molecule has 0 aromatic carbocycles. The molecule has 2 heterocycles. The number of nitrogens with one attached hydrogen (secondary N) is 1. The minimum atomic E-state index is -0.377. The van der Waals surface area contributed by atoms with E-state index >= 15 is 0 Å². The first-order valence-corrected chi connectivity index (χ1v) is 6.86. The highest BCUT2D eigenvalue weighted by molar-refractivity contribution is 5.91. The van der Waals surface area contributed by atoms with Gasteiger partial charge in [-0.3, -0.25) is 0 Å². The standard InChI is InChI=1S/C15H18N2O2/c1-19-15(18)13-8-7-12-14(17-13)11(9-16-12)10-5-3-2-4-6-10/h7-10,16H,2-6H2,1H3. The molecule has 0 bridgehead atoms. The van der Waals surface area contributed by atoms with E-state index in [4.69, 9.17) is 4.74 Å². The first-order valence-electron chi connectivity index (χ1n) is 6.86. The van der Waals surface area contributed by atoms with E-state index < -0.39 is 0 Å². The van der Waals surface area contributed by atoms with Crippen molar-refractivity contribution in [2.24, 2.45) is 0 Å². The van der Waals surface area contributed by atoms with Crippen molar-refractivity contribution in [1.82, 2.24) is 9.97 Å². The highest BCUT2D eigenvalue weighted by Gasteiger charge is 2.20. The summed E-state index contributed by atoms with van der Waals surface area (Å²) in [4.78, 5) is 19.3. The van der Waals surface area contributed by atoms with Crippen LogP contribution in [0.2, 0.25) is 0 Å². The summed E-state index contributed by atoms with van der Waals surface area (Å²) < 4.78 is 4.74. The summed E-state index contributed by atoms with van der Waals surface area (Å²) in [6.45, 7) is 0. The van der Waals surface area contributed by atoms with Crippen LogP contribution in [0.4, 0.5) is 0 Å². The van der Waals surface area contributed by atoms with Gasteiger partial charge in [-0.15, -0.1) is 0 Å². The number of nitrogens with zero attached hydrogens (tertiary/aromatic N) is 1. The summed E-state index contributed by atoms with van der Waals surface area (Å²) in [5.41, 5.74) is 3.55. The normalized spacial score (nSPS) is 16.7. The zero-order chi connectivity index (χ0) is 13.2. The fraction of sp³-hybridized carbons (Fsp3) is 0.467. The predicted octanol–water partition coefficient (Wildman–Crippen LogP) is 3.40. The molecule has 0 unspecified atom stereocenters. The molecule has 100 valence electrons. The van der Waals surface area contributed by atoms with Crippen LogP contribution in [-0.2, 0) is 4.74 Å². The fourth-order valence-electron chi connectivity index (χ4n) is 2.96. The van der Waals surface area contributed by atoms with E-state index in [0.717, 1.165) is 11.0 Å². The quantitative estimate of drug-likeness (QED) is 0.840. The van der Waals surface area contributed by atoms with Crippen LogP contribution in [0.5, 0.6) is 0 Å². The first kappa shape index (κ1) is 12.2. The molecule has 1 N–H and O–H groups in total. The second kappa shape index (κ2) is 5.03. The zero-order valence-corrected chi connectivity index (χ0v) is 11.1. The Bertz CT molecular complexity index is 597. The molecular formula is C15H18N2O2. The number of fused-ring (bicyclic) bond motifs is 1. The van der Waals surface area contributed by atoms with Crippen molar-refractivity contribution in [2.75, 3.05) is 7.11 Å². The lowest BCUT2D eigenvalue weighted by Crippen LogP contribution is -2.06. The summed E-state index contributed by atoms with van der Waals surface area (Å²) in [5, 5.41) is 0. The van der Waals surface area contributed by atoms with Crippen molar-refractivity contribution in [3.63, 3.8) is 0 Å². The van der Waals surface area contributed by atoms with Crippen molar-refractivity contribution >= 4 is 17.0 Å². The maximum Gasteiger partial charge on any atom is 0.356 e. The molecule has 0 spiro atoms. The lowest BCUT2D eigenvalue weighted by atomic mass is 9.85. The van der Waals surface area contributed by atoms with Gasteiger partial charge in [0.15, 0.2) is 0 Å². The molecular weight excluding hydrogens is 240 g/mol. The number of esters is 1. The number of aromatic nitrogens is 2. The summed E-state index contributed by atoms with van der Waals surface area (Å²) in [6.07, 6.45) is 8.39. The van der Waals surface area contributed by atoms with Crippen LogP contribution < -0.4 is 0 Å². The van der Waals surface area contributed by atoms with Gasteiger partial charge in [0, 0.05) is 6.20 Å². The lowest BCUT2D eigenvalue weighted by Gasteiger charge is -2.20. The van der Waals surface area contributed by atoms with Crippen LogP contribution >= 0.6 is 0 Å². The van der Waals surface area contributed by atoms with E-state index in [1.54, 1.807) is 6.07 Å². The lowest BCUT2D eigenvalue weighted by molar-refractivity contribution is 0.0594. The van der Waals surface area contributed by atoms with Crippen molar-refractivity contribution in [3.05, 3.63) is 29.6 Å². The number of rotatable bonds is 2. The molecule has 0 aliphatic heterocycles. The van der Waals surface area contributed by atoms with Gasteiger partial charge in [-0.05, 0) is 36.5 Å². The molecule has 1 saturated carbocycles. The van der Waals surface area contributed by atoms with Gasteiger partial charge in [-0.2, -0.15) is 0 Å². The summed E-state index contributed by atoms with van der Waals surface area (Å²) in [5.74, 6) is 0.195. The van der Waals surface area contributed by atoms with Crippen LogP contribution in [0.1, 0.15) is 54.1 Å². The SMILES string of the molecule is COC(=O)c1ccc2[nH]cc(C3CCCCC3)c2n1. The minimum absolute atomic E-state index is 0.377. The van der Waals surface area contributed by atoms with Crippen molar-refractivity contribution in [2.45, 2.75) is 38.0 Å². The Labute approximate surface area is 112 Å². The van der Waals surface area contributed by atoms with Crippen LogP contribution in [0.3, 0.4) is 0 Å². The van der Waals surface area contributed by atoms with Gasteiger partial charge in [0.2, 0.25) is 0 Å². The van der Waals surface area contributed by atoms with E-state index in [0.29, 0.717) is 11.6 Å². The third kappa shape index (κ3) is 2.23. The van der Waals surface area contributed by atoms with Crippen LogP contribution in [0, 0.1) is 0 Å². The number of methoxy groups -OCH3 is 1. The highest BCUT2D eigenvalue weighted by atomic mass is 16.5. The number of carbonyl (C=O) groups excluding carboxylic acids is 1. The smallest absolute Gasteiger partial charge is 0.356 e. The van der Waals surface area contributed by atoms with Gasteiger partial charge in [-0.1, -0.05) is 19.3 Å². The van der Waals surface area contributed by atoms with E-state index in [9.17, 15) is 4.79 Å². The van der Waals surface area contributed by atoms with Gasteiger partial charge >= 0.3 is 5.97 Å². The Kier molecular flexibility index (Phi) is 3.23. The largest absolute Gasteiger partial charge is 0.464 e. The molecule has 4 nitrogen and oxygen atoms in total. The molecule has 0 amide bonds. The average Bonchev–Trinajstić information content (AvgIpc) is 2.90. The molecule has 2 aromatic rings. The third-order valence-electron chi connectivity index (χ3n) is 3.99. The van der Waals surface area contributed by atoms with E-state index in [1.165, 1.54) is 44.8 Å². The number of carbonyl (C=O) groups is 1. The van der Waals surface area contributed by atoms with Crippen molar-refractivity contribution < 1.29 is 9.53 Å². The van der Waals surface area contributed by atoms with Gasteiger partial charge < -0.3 is 9.72 Å². The van der Waals surface area contributed by atoms with Gasteiger partial charge in [0.1, 0.15) is 5.69 Å². The Balaban J connectivity index is 2.02. The predicted molar refractivity (Wildman–Crippen MR) is 73.3 cm³/mol. The molecule has 0 radical (unpaired) electrons. The second-order valence-electron chi connectivity index (χ2n) is 5.16. The molecule has 2 aromatic heterocycles. The first-order chi connectivity index (χ1) is 9.29. The van der Waals surface area contributed by atoms with Gasteiger partial charge in [0.05, 0.1) is 18.1 Å². The summed E-state index contributed by atoms with van der Waals surface area (Å²) in [6, 6.07) is 3.61. The minimum Gasteiger partial charge on any atom is -0.464 e. The topological polar surface area (TPSA) is 55.0 Å². The number of hydrogen-bond acceptors (Lipinski definition) is 3. The Morgan fingerprint density at radius 3 is 2.84 bits per heavy atom. The summed E-state index contributed by atoms with van der Waals surface area (Å²) in [7, 11) is 1.38. The Hall–Kier alpha value is -1.84. The molecule has 1 aliphatic carbocycles. The molecule has 4 heteroatoms. The monoisotopic (exact) mass is 258 g/mol. The molecule has 0 saturated heterocycles. The van der Waals surface area contributed by atoms with Crippen LogP contribution in [-0.4, -0.2) is 23.0 Å². The molecule has 1 fully saturated rings. The number of H-pyrrole nitrogens is 1. The number of ether oxygens (including phenoxy) is 1.